The van der Waals surface area contributed by atoms with Crippen molar-refractivity contribution in [3.05, 3.63) is 63.2 Å². The highest BCUT2D eigenvalue weighted by molar-refractivity contribution is 7.89. The van der Waals surface area contributed by atoms with Gasteiger partial charge in [-0.1, -0.05) is 24.3 Å². The number of carbonyl (C=O) groups is 1. The Hall–Kier alpha value is -2.18. The number of hydrogen-bond acceptors (Lipinski definition) is 3. The molecule has 0 saturated carbocycles. The van der Waals surface area contributed by atoms with Crippen molar-refractivity contribution in [3.8, 4) is 0 Å². The van der Waals surface area contributed by atoms with Crippen LogP contribution >= 0.6 is 0 Å². The topological polar surface area (TPSA) is 80.5 Å². The number of carbonyl (C=O) groups excluding carboxylic acids is 1. The normalized spacial score (nSPS) is 17.6. The Bertz CT molecular complexity index is 1010. The molecule has 3 rings (SSSR count). The van der Waals surface area contributed by atoms with Crippen molar-refractivity contribution in [1.29, 1.82) is 0 Å². The van der Waals surface area contributed by atoms with Crippen molar-refractivity contribution in [3.63, 3.8) is 0 Å². The highest BCUT2D eigenvalue weighted by Gasteiger charge is 2.40. The van der Waals surface area contributed by atoms with Gasteiger partial charge in [-0.2, -0.15) is 4.31 Å². The van der Waals surface area contributed by atoms with Crippen LogP contribution in [0.1, 0.15) is 38.9 Å². The Balaban J connectivity index is 2.22. The van der Waals surface area contributed by atoms with Crippen molar-refractivity contribution in [1.82, 2.24) is 4.31 Å². The predicted octanol–water partition coefficient (Wildman–Crippen LogP) is 2.83. The van der Waals surface area contributed by atoms with E-state index in [9.17, 15) is 13.2 Å². The third-order valence-electron chi connectivity index (χ3n) is 6.03. The lowest BCUT2D eigenvalue weighted by Crippen LogP contribution is -2.51. The number of sulfonamides is 1. The molecule has 1 atom stereocenters. The van der Waals surface area contributed by atoms with Gasteiger partial charge in [-0.15, -0.1) is 0 Å². The van der Waals surface area contributed by atoms with Gasteiger partial charge in [0.15, 0.2) is 0 Å². The molecular formula is C21H26N2O3S. The molecule has 144 valence electrons. The van der Waals surface area contributed by atoms with E-state index in [0.717, 1.165) is 38.9 Å². The van der Waals surface area contributed by atoms with Crippen molar-refractivity contribution < 1.29 is 13.2 Å². The van der Waals surface area contributed by atoms with E-state index in [2.05, 4.69) is 0 Å². The van der Waals surface area contributed by atoms with E-state index in [1.165, 1.54) is 4.31 Å². The first-order valence-corrected chi connectivity index (χ1v) is 10.5. The first kappa shape index (κ1) is 19.6. The summed E-state index contributed by atoms with van der Waals surface area (Å²) in [6.45, 7) is 9.69. The minimum atomic E-state index is -3.89. The first-order valence-electron chi connectivity index (χ1n) is 9.02. The van der Waals surface area contributed by atoms with Crippen LogP contribution in [0.4, 0.5) is 0 Å². The van der Waals surface area contributed by atoms with Crippen LogP contribution in [-0.2, 0) is 27.8 Å². The standard InChI is InChI=1S/C21H26N2O3S/c1-12-13(2)15(4)20(16(5)14(12)3)27(25,26)23-11-18-9-7-6-8-17(18)10-19(23)21(22)24/h6-9,19H,10-11H2,1-5H3,(H2,22,24). The average molecular weight is 387 g/mol. The maximum Gasteiger partial charge on any atom is 0.244 e. The molecule has 0 saturated heterocycles. The summed E-state index contributed by atoms with van der Waals surface area (Å²) in [7, 11) is -3.89. The Morgan fingerprint density at radius 3 is 1.93 bits per heavy atom. The average Bonchev–Trinajstić information content (AvgIpc) is 2.63. The molecule has 6 heteroatoms. The van der Waals surface area contributed by atoms with Gasteiger partial charge in [-0.05, 0) is 80.0 Å². The van der Waals surface area contributed by atoms with Gasteiger partial charge in [-0.25, -0.2) is 8.42 Å². The highest BCUT2D eigenvalue weighted by atomic mass is 32.2. The van der Waals surface area contributed by atoms with Gasteiger partial charge in [0.25, 0.3) is 0 Å². The molecule has 0 radical (unpaired) electrons. The summed E-state index contributed by atoms with van der Waals surface area (Å²) in [5.41, 5.74) is 12.0. The molecule has 1 unspecified atom stereocenters. The van der Waals surface area contributed by atoms with Crippen molar-refractivity contribution in [2.45, 2.75) is 58.5 Å². The molecule has 1 amide bonds. The van der Waals surface area contributed by atoms with Gasteiger partial charge in [0.1, 0.15) is 6.04 Å². The quantitative estimate of drug-likeness (QED) is 0.881. The largest absolute Gasteiger partial charge is 0.368 e. The number of hydrogen-bond donors (Lipinski definition) is 1. The molecule has 0 aliphatic carbocycles. The summed E-state index contributed by atoms with van der Waals surface area (Å²) in [6.07, 6.45) is 0.298. The monoisotopic (exact) mass is 386 g/mol. The maximum atomic E-state index is 13.7. The number of rotatable bonds is 3. The highest BCUT2D eigenvalue weighted by Crippen LogP contribution is 2.35. The van der Waals surface area contributed by atoms with E-state index >= 15 is 0 Å². The molecule has 0 bridgehead atoms. The first-order chi connectivity index (χ1) is 12.6. The number of fused-ring (bicyclic) bond motifs is 1. The minimum Gasteiger partial charge on any atom is -0.368 e. The zero-order chi connectivity index (χ0) is 20.1. The molecule has 0 spiro atoms. The lowest BCUT2D eigenvalue weighted by molar-refractivity contribution is -0.122. The smallest absolute Gasteiger partial charge is 0.244 e. The lowest BCUT2D eigenvalue weighted by Gasteiger charge is -2.35. The predicted molar refractivity (Wildman–Crippen MR) is 106 cm³/mol. The summed E-state index contributed by atoms with van der Waals surface area (Å²) in [6, 6.07) is 6.71. The molecular weight excluding hydrogens is 360 g/mol. The van der Waals surface area contributed by atoms with E-state index in [4.69, 9.17) is 5.73 Å². The Kier molecular flexibility index (Phi) is 4.91. The molecule has 2 N–H and O–H groups in total. The van der Waals surface area contributed by atoms with Crippen LogP contribution in [-0.4, -0.2) is 24.7 Å². The Morgan fingerprint density at radius 2 is 1.41 bits per heavy atom. The molecule has 0 fully saturated rings. The third kappa shape index (κ3) is 3.07. The van der Waals surface area contributed by atoms with Gasteiger partial charge in [0.2, 0.25) is 15.9 Å². The van der Waals surface area contributed by atoms with Gasteiger partial charge in [0.05, 0.1) is 4.90 Å². The molecule has 2 aromatic carbocycles. The van der Waals surface area contributed by atoms with Crippen LogP contribution in [0.2, 0.25) is 0 Å². The van der Waals surface area contributed by atoms with E-state index in [1.54, 1.807) is 0 Å². The Labute approximate surface area is 161 Å². The van der Waals surface area contributed by atoms with Crippen LogP contribution in [0.3, 0.4) is 0 Å². The molecule has 1 aliphatic rings. The lowest BCUT2D eigenvalue weighted by atomic mass is 9.95. The molecule has 0 aromatic heterocycles. The summed E-state index contributed by atoms with van der Waals surface area (Å²) in [4.78, 5) is 12.4. The summed E-state index contributed by atoms with van der Waals surface area (Å²) in [5, 5.41) is 0. The van der Waals surface area contributed by atoms with E-state index in [1.807, 2.05) is 58.9 Å². The van der Waals surface area contributed by atoms with Gasteiger partial charge in [-0.3, -0.25) is 4.79 Å². The number of benzene rings is 2. The van der Waals surface area contributed by atoms with Crippen LogP contribution in [0.25, 0.3) is 0 Å². The number of nitrogens with two attached hydrogens (primary N) is 1. The summed E-state index contributed by atoms with van der Waals surface area (Å²) < 4.78 is 28.7. The van der Waals surface area contributed by atoms with Crippen LogP contribution in [0, 0.1) is 34.6 Å². The van der Waals surface area contributed by atoms with Crippen molar-refractivity contribution in [2.24, 2.45) is 5.73 Å². The molecule has 1 aliphatic heterocycles. The Morgan fingerprint density at radius 1 is 0.926 bits per heavy atom. The second-order valence-electron chi connectivity index (χ2n) is 7.40. The van der Waals surface area contributed by atoms with Crippen molar-refractivity contribution >= 4 is 15.9 Å². The fourth-order valence-corrected chi connectivity index (χ4v) is 6.10. The van der Waals surface area contributed by atoms with Crippen LogP contribution < -0.4 is 5.73 Å². The van der Waals surface area contributed by atoms with E-state index in [-0.39, 0.29) is 6.54 Å². The van der Waals surface area contributed by atoms with Gasteiger partial charge >= 0.3 is 0 Å². The van der Waals surface area contributed by atoms with Crippen molar-refractivity contribution in [2.75, 3.05) is 0 Å². The molecule has 27 heavy (non-hydrogen) atoms. The fourth-order valence-electron chi connectivity index (χ4n) is 3.96. The van der Waals surface area contributed by atoms with Crippen LogP contribution in [0.5, 0.6) is 0 Å². The SMILES string of the molecule is Cc1c(C)c(C)c(S(=O)(=O)N2Cc3ccccc3CC2C(N)=O)c(C)c1C. The third-order valence-corrected chi connectivity index (χ3v) is 8.16. The van der Waals surface area contributed by atoms with Gasteiger partial charge in [0, 0.05) is 6.54 Å². The number of amides is 1. The summed E-state index contributed by atoms with van der Waals surface area (Å²) in [5.74, 6) is -0.621. The molecule has 2 aromatic rings. The molecule has 5 nitrogen and oxygen atoms in total. The number of primary amides is 1. The zero-order valence-electron chi connectivity index (χ0n) is 16.5. The second-order valence-corrected chi connectivity index (χ2v) is 9.22. The van der Waals surface area contributed by atoms with E-state index in [0.29, 0.717) is 11.3 Å². The molecule has 1 heterocycles. The van der Waals surface area contributed by atoms with E-state index < -0.39 is 22.0 Å². The zero-order valence-corrected chi connectivity index (χ0v) is 17.3. The number of nitrogens with zero attached hydrogens (tertiary/aromatic N) is 1. The second kappa shape index (κ2) is 6.77. The summed E-state index contributed by atoms with van der Waals surface area (Å²) >= 11 is 0. The van der Waals surface area contributed by atoms with Gasteiger partial charge < -0.3 is 5.73 Å². The van der Waals surface area contributed by atoms with Crippen LogP contribution in [0.15, 0.2) is 29.2 Å². The fraction of sp³-hybridized carbons (Fsp3) is 0.381. The maximum absolute atomic E-state index is 13.7. The minimum absolute atomic E-state index is 0.150.